The number of benzene rings is 1. The van der Waals surface area contributed by atoms with Gasteiger partial charge in [0.15, 0.2) is 5.16 Å². The first-order valence-electron chi connectivity index (χ1n) is 6.67. The predicted molar refractivity (Wildman–Crippen MR) is 84.8 cm³/mol. The van der Waals surface area contributed by atoms with Crippen molar-refractivity contribution < 1.29 is 4.79 Å². The van der Waals surface area contributed by atoms with Crippen molar-refractivity contribution in [2.45, 2.75) is 25.4 Å². The lowest BCUT2D eigenvalue weighted by molar-refractivity contribution is -0.113. The third-order valence-electron chi connectivity index (χ3n) is 2.89. The van der Waals surface area contributed by atoms with E-state index in [0.29, 0.717) is 11.6 Å². The summed E-state index contributed by atoms with van der Waals surface area (Å²) in [5, 5.41) is 3.32. The van der Waals surface area contributed by atoms with E-state index in [1.807, 2.05) is 38.1 Å². The van der Waals surface area contributed by atoms with Crippen LogP contribution in [0.5, 0.6) is 0 Å². The molecule has 0 spiro atoms. The SMILES string of the molecule is CCc1cc(=O)[nH]c(SCC(=O)Nc2ccccc2C)n1. The lowest BCUT2D eigenvalue weighted by atomic mass is 10.2. The molecule has 1 aromatic carbocycles. The summed E-state index contributed by atoms with van der Waals surface area (Å²) in [5.41, 5.74) is 2.34. The van der Waals surface area contributed by atoms with Gasteiger partial charge in [-0.05, 0) is 25.0 Å². The lowest BCUT2D eigenvalue weighted by Gasteiger charge is -2.07. The van der Waals surface area contributed by atoms with E-state index in [1.165, 1.54) is 17.8 Å². The maximum absolute atomic E-state index is 11.9. The first-order valence-corrected chi connectivity index (χ1v) is 7.65. The van der Waals surface area contributed by atoms with Crippen molar-refractivity contribution in [3.63, 3.8) is 0 Å². The Hall–Kier alpha value is -2.08. The minimum absolute atomic E-state index is 0.126. The zero-order valence-electron chi connectivity index (χ0n) is 12.0. The van der Waals surface area contributed by atoms with Crippen LogP contribution < -0.4 is 10.9 Å². The molecular formula is C15H17N3O2S. The molecule has 110 valence electrons. The van der Waals surface area contributed by atoms with Gasteiger partial charge in [-0.1, -0.05) is 36.9 Å². The fraction of sp³-hybridized carbons (Fsp3) is 0.267. The largest absolute Gasteiger partial charge is 0.325 e. The number of carbonyl (C=O) groups excluding carboxylic acids is 1. The minimum Gasteiger partial charge on any atom is -0.325 e. The number of aromatic amines is 1. The maximum Gasteiger partial charge on any atom is 0.251 e. The van der Waals surface area contributed by atoms with Crippen molar-refractivity contribution in [1.82, 2.24) is 9.97 Å². The molecule has 0 fully saturated rings. The molecule has 2 aromatic rings. The van der Waals surface area contributed by atoms with Crippen LogP contribution >= 0.6 is 11.8 Å². The molecule has 0 saturated carbocycles. The number of nitrogens with zero attached hydrogens (tertiary/aromatic N) is 1. The molecule has 6 heteroatoms. The highest BCUT2D eigenvalue weighted by Gasteiger charge is 2.07. The monoisotopic (exact) mass is 303 g/mol. The molecule has 0 saturated heterocycles. The number of aromatic nitrogens is 2. The van der Waals surface area contributed by atoms with Crippen molar-refractivity contribution >= 4 is 23.4 Å². The van der Waals surface area contributed by atoms with Gasteiger partial charge in [-0.15, -0.1) is 0 Å². The molecule has 2 rings (SSSR count). The third kappa shape index (κ3) is 4.46. The summed E-state index contributed by atoms with van der Waals surface area (Å²) < 4.78 is 0. The number of rotatable bonds is 5. The first-order chi connectivity index (χ1) is 10.1. The lowest BCUT2D eigenvalue weighted by Crippen LogP contribution is -2.16. The standard InChI is InChI=1S/C15H17N3O2S/c1-3-11-8-13(19)18-15(16-11)21-9-14(20)17-12-7-5-4-6-10(12)2/h4-8H,3,9H2,1-2H3,(H,17,20)(H,16,18,19). The van der Waals surface area contributed by atoms with E-state index in [-0.39, 0.29) is 17.2 Å². The van der Waals surface area contributed by atoms with Crippen LogP contribution in [0.15, 0.2) is 40.3 Å². The number of H-pyrrole nitrogens is 1. The number of nitrogens with one attached hydrogen (secondary N) is 2. The van der Waals surface area contributed by atoms with Crippen LogP contribution in [0.25, 0.3) is 0 Å². The molecule has 5 nitrogen and oxygen atoms in total. The second-order valence-electron chi connectivity index (χ2n) is 4.55. The summed E-state index contributed by atoms with van der Waals surface area (Å²) in [6, 6.07) is 9.06. The Labute approximate surface area is 127 Å². The molecule has 0 aliphatic rings. The van der Waals surface area contributed by atoms with Crippen LogP contribution in [0.1, 0.15) is 18.2 Å². The Bertz CT molecular complexity index is 697. The van der Waals surface area contributed by atoms with Gasteiger partial charge >= 0.3 is 0 Å². The topological polar surface area (TPSA) is 74.8 Å². The molecule has 0 atom stereocenters. The summed E-state index contributed by atoms with van der Waals surface area (Å²) in [5.74, 6) is 0.0728. The van der Waals surface area contributed by atoms with Crippen molar-refractivity contribution in [3.8, 4) is 0 Å². The Morgan fingerprint density at radius 2 is 2.14 bits per heavy atom. The van der Waals surface area contributed by atoms with Gasteiger partial charge in [0.1, 0.15) is 0 Å². The van der Waals surface area contributed by atoms with Gasteiger partial charge in [-0.25, -0.2) is 4.98 Å². The smallest absolute Gasteiger partial charge is 0.251 e. The average molecular weight is 303 g/mol. The fourth-order valence-corrected chi connectivity index (χ4v) is 2.46. The van der Waals surface area contributed by atoms with Crippen molar-refractivity contribution in [2.24, 2.45) is 0 Å². The molecule has 0 aliphatic carbocycles. The maximum atomic E-state index is 11.9. The Kier molecular flexibility index (Phi) is 5.16. The molecule has 1 heterocycles. The normalized spacial score (nSPS) is 10.4. The van der Waals surface area contributed by atoms with Crippen molar-refractivity contribution in [1.29, 1.82) is 0 Å². The molecular weight excluding hydrogens is 286 g/mol. The number of hydrogen-bond donors (Lipinski definition) is 2. The zero-order chi connectivity index (χ0) is 15.2. The molecule has 2 N–H and O–H groups in total. The van der Waals surface area contributed by atoms with E-state index in [9.17, 15) is 9.59 Å². The quantitative estimate of drug-likeness (QED) is 0.657. The number of hydrogen-bond acceptors (Lipinski definition) is 4. The van der Waals surface area contributed by atoms with Crippen LogP contribution in [-0.4, -0.2) is 21.6 Å². The average Bonchev–Trinajstić information content (AvgIpc) is 2.47. The van der Waals surface area contributed by atoms with Gasteiger partial charge in [0.2, 0.25) is 5.91 Å². The van der Waals surface area contributed by atoms with Gasteiger partial charge < -0.3 is 10.3 Å². The van der Waals surface area contributed by atoms with Crippen LogP contribution in [0.2, 0.25) is 0 Å². The Morgan fingerprint density at radius 3 is 2.86 bits per heavy atom. The number of aryl methyl sites for hydroxylation is 2. The van der Waals surface area contributed by atoms with Gasteiger partial charge in [-0.3, -0.25) is 9.59 Å². The van der Waals surface area contributed by atoms with Crippen molar-refractivity contribution in [3.05, 3.63) is 51.9 Å². The summed E-state index contributed by atoms with van der Waals surface area (Å²) in [6.07, 6.45) is 0.687. The molecule has 0 bridgehead atoms. The Balaban J connectivity index is 1.97. The highest BCUT2D eigenvalue weighted by atomic mass is 32.2. The van der Waals surface area contributed by atoms with Gasteiger partial charge in [0.05, 0.1) is 5.75 Å². The molecule has 1 amide bonds. The summed E-state index contributed by atoms with van der Waals surface area (Å²) >= 11 is 1.22. The molecule has 1 aromatic heterocycles. The number of thioether (sulfide) groups is 1. The highest BCUT2D eigenvalue weighted by Crippen LogP contribution is 2.15. The van der Waals surface area contributed by atoms with E-state index in [4.69, 9.17) is 0 Å². The van der Waals surface area contributed by atoms with Crippen LogP contribution in [0, 0.1) is 6.92 Å². The molecule has 0 aliphatic heterocycles. The van der Waals surface area contributed by atoms with E-state index < -0.39 is 0 Å². The number of para-hydroxylation sites is 1. The number of amides is 1. The van der Waals surface area contributed by atoms with Crippen LogP contribution in [0.3, 0.4) is 0 Å². The van der Waals surface area contributed by atoms with Gasteiger partial charge in [0.25, 0.3) is 5.56 Å². The summed E-state index contributed by atoms with van der Waals surface area (Å²) in [7, 11) is 0. The second-order valence-corrected chi connectivity index (χ2v) is 5.51. The number of anilines is 1. The highest BCUT2D eigenvalue weighted by molar-refractivity contribution is 7.99. The van der Waals surface area contributed by atoms with Gasteiger partial charge in [-0.2, -0.15) is 0 Å². The van der Waals surface area contributed by atoms with Gasteiger partial charge in [0, 0.05) is 17.4 Å². The molecule has 21 heavy (non-hydrogen) atoms. The van der Waals surface area contributed by atoms with Crippen molar-refractivity contribution in [2.75, 3.05) is 11.1 Å². The minimum atomic E-state index is -0.191. The summed E-state index contributed by atoms with van der Waals surface area (Å²) in [4.78, 5) is 30.3. The zero-order valence-corrected chi connectivity index (χ0v) is 12.8. The number of carbonyl (C=O) groups is 1. The third-order valence-corrected chi connectivity index (χ3v) is 3.77. The second kappa shape index (κ2) is 7.08. The van der Waals surface area contributed by atoms with Crippen LogP contribution in [0.4, 0.5) is 5.69 Å². The molecule has 0 unspecified atom stereocenters. The predicted octanol–water partition coefficient (Wildman–Crippen LogP) is 2.37. The first kappa shape index (κ1) is 15.3. The molecule has 0 radical (unpaired) electrons. The van der Waals surface area contributed by atoms with E-state index in [2.05, 4.69) is 15.3 Å². The van der Waals surface area contributed by atoms with E-state index >= 15 is 0 Å². The van der Waals surface area contributed by atoms with E-state index in [1.54, 1.807) is 0 Å². The van der Waals surface area contributed by atoms with E-state index in [0.717, 1.165) is 16.9 Å². The fourth-order valence-electron chi connectivity index (χ4n) is 1.77. The summed E-state index contributed by atoms with van der Waals surface area (Å²) in [6.45, 7) is 3.87. The Morgan fingerprint density at radius 1 is 1.38 bits per heavy atom. The van der Waals surface area contributed by atoms with Crippen LogP contribution in [-0.2, 0) is 11.2 Å².